The van der Waals surface area contributed by atoms with Crippen LogP contribution in [-0.4, -0.2) is 11.1 Å². The molecular weight excluding hydrogens is 134 g/mol. The molecule has 0 aromatic rings. The van der Waals surface area contributed by atoms with E-state index in [1.165, 1.54) is 13.8 Å². The number of azide groups is 1. The van der Waals surface area contributed by atoms with Crippen molar-refractivity contribution in [1.29, 1.82) is 0 Å². The molecule has 0 bridgehead atoms. The zero-order valence-corrected chi connectivity index (χ0v) is 5.70. The van der Waals surface area contributed by atoms with Crippen LogP contribution in [0, 0.1) is 0 Å². The second-order valence-corrected chi connectivity index (χ2v) is 1.71. The van der Waals surface area contributed by atoms with Gasteiger partial charge in [0.05, 0.1) is 0 Å². The number of hydrogen-bond donors (Lipinski definition) is 1. The standard InChI is InChI=1S/C5H7N3O2/c1-3(5(9)10)4(2)7-8-6/h1-2H3,(H,9,10)/b4-3-. The largest absolute Gasteiger partial charge is 0.478 e. The van der Waals surface area contributed by atoms with Crippen molar-refractivity contribution in [3.8, 4) is 0 Å². The van der Waals surface area contributed by atoms with Gasteiger partial charge in [0, 0.05) is 16.2 Å². The average molecular weight is 141 g/mol. The van der Waals surface area contributed by atoms with Gasteiger partial charge in [0.2, 0.25) is 0 Å². The van der Waals surface area contributed by atoms with Gasteiger partial charge in [-0.05, 0) is 19.4 Å². The summed E-state index contributed by atoms with van der Waals surface area (Å²) in [6, 6.07) is 0. The fraction of sp³-hybridized carbons (Fsp3) is 0.400. The summed E-state index contributed by atoms with van der Waals surface area (Å²) in [5, 5.41) is 11.5. The number of carboxylic acid groups (broad SMARTS) is 1. The Hall–Kier alpha value is -1.48. The minimum atomic E-state index is -1.06. The van der Waals surface area contributed by atoms with Crippen LogP contribution in [-0.2, 0) is 4.79 Å². The van der Waals surface area contributed by atoms with Crippen LogP contribution < -0.4 is 0 Å². The zero-order valence-electron chi connectivity index (χ0n) is 5.70. The number of nitrogens with zero attached hydrogens (tertiary/aromatic N) is 3. The van der Waals surface area contributed by atoms with Crippen LogP contribution in [0.15, 0.2) is 16.4 Å². The minimum absolute atomic E-state index is 0.0674. The Morgan fingerprint density at radius 3 is 2.40 bits per heavy atom. The molecule has 0 saturated heterocycles. The summed E-state index contributed by atoms with van der Waals surface area (Å²) >= 11 is 0. The molecule has 10 heavy (non-hydrogen) atoms. The maximum atomic E-state index is 10.2. The van der Waals surface area contributed by atoms with Crippen LogP contribution in [0.2, 0.25) is 0 Å². The molecule has 0 aliphatic heterocycles. The first-order valence-electron chi connectivity index (χ1n) is 2.55. The molecule has 0 aliphatic rings. The molecule has 0 aliphatic carbocycles. The molecule has 0 amide bonds. The van der Waals surface area contributed by atoms with E-state index in [4.69, 9.17) is 10.6 Å². The lowest BCUT2D eigenvalue weighted by molar-refractivity contribution is -0.132. The van der Waals surface area contributed by atoms with E-state index in [0.717, 1.165) is 0 Å². The summed E-state index contributed by atoms with van der Waals surface area (Å²) < 4.78 is 0. The summed E-state index contributed by atoms with van der Waals surface area (Å²) in [7, 11) is 0. The van der Waals surface area contributed by atoms with Crippen LogP contribution in [0.1, 0.15) is 13.8 Å². The van der Waals surface area contributed by atoms with E-state index in [2.05, 4.69) is 10.0 Å². The second kappa shape index (κ2) is 3.53. The van der Waals surface area contributed by atoms with Crippen molar-refractivity contribution in [3.63, 3.8) is 0 Å². The molecule has 0 atom stereocenters. The van der Waals surface area contributed by atoms with Crippen molar-refractivity contribution in [2.75, 3.05) is 0 Å². The predicted molar refractivity (Wildman–Crippen MR) is 35.2 cm³/mol. The second-order valence-electron chi connectivity index (χ2n) is 1.71. The smallest absolute Gasteiger partial charge is 0.331 e. The van der Waals surface area contributed by atoms with Crippen molar-refractivity contribution >= 4 is 5.97 Å². The van der Waals surface area contributed by atoms with Crippen LogP contribution in [0.25, 0.3) is 10.4 Å². The van der Waals surface area contributed by atoms with Gasteiger partial charge >= 0.3 is 5.97 Å². The van der Waals surface area contributed by atoms with Crippen molar-refractivity contribution < 1.29 is 9.90 Å². The number of carbonyl (C=O) groups is 1. The Kier molecular flexibility index (Phi) is 3.01. The minimum Gasteiger partial charge on any atom is -0.478 e. The third-order valence-electron chi connectivity index (χ3n) is 1.06. The fourth-order valence-electron chi connectivity index (χ4n) is 0.297. The quantitative estimate of drug-likeness (QED) is 0.274. The van der Waals surface area contributed by atoms with Crippen LogP contribution in [0.4, 0.5) is 0 Å². The fourth-order valence-corrected chi connectivity index (χ4v) is 0.297. The Bertz CT molecular complexity index is 215. The monoisotopic (exact) mass is 141 g/mol. The van der Waals surface area contributed by atoms with Crippen molar-refractivity contribution in [3.05, 3.63) is 21.7 Å². The van der Waals surface area contributed by atoms with Crippen LogP contribution >= 0.6 is 0 Å². The van der Waals surface area contributed by atoms with Crippen LogP contribution in [0.5, 0.6) is 0 Å². The maximum absolute atomic E-state index is 10.2. The lowest BCUT2D eigenvalue weighted by Gasteiger charge is -1.92. The average Bonchev–Trinajstić information content (AvgIpc) is 1.87. The Morgan fingerprint density at radius 1 is 1.60 bits per heavy atom. The molecule has 1 N–H and O–H groups in total. The van der Waals surface area contributed by atoms with Gasteiger partial charge in [-0.2, -0.15) is 0 Å². The van der Waals surface area contributed by atoms with Gasteiger partial charge in [0.15, 0.2) is 0 Å². The molecule has 0 saturated carbocycles. The van der Waals surface area contributed by atoms with E-state index in [9.17, 15) is 4.79 Å². The number of rotatable bonds is 2. The summed E-state index contributed by atoms with van der Waals surface area (Å²) in [5.41, 5.74) is 8.16. The molecule has 0 rings (SSSR count). The Balaban J connectivity index is 4.66. The highest BCUT2D eigenvalue weighted by molar-refractivity contribution is 5.86. The van der Waals surface area contributed by atoms with Gasteiger partial charge in [-0.1, -0.05) is 5.11 Å². The molecule has 0 spiro atoms. The van der Waals surface area contributed by atoms with Crippen molar-refractivity contribution in [2.24, 2.45) is 5.11 Å². The van der Waals surface area contributed by atoms with Crippen molar-refractivity contribution in [1.82, 2.24) is 0 Å². The molecule has 0 radical (unpaired) electrons. The predicted octanol–water partition coefficient (Wildman–Crippen LogP) is 1.68. The van der Waals surface area contributed by atoms with E-state index in [1.54, 1.807) is 0 Å². The maximum Gasteiger partial charge on any atom is 0.331 e. The van der Waals surface area contributed by atoms with Gasteiger partial charge in [-0.15, -0.1) is 0 Å². The highest BCUT2D eigenvalue weighted by Gasteiger charge is 2.01. The normalized spacial score (nSPS) is 11.4. The molecule has 0 heterocycles. The first kappa shape index (κ1) is 8.52. The van der Waals surface area contributed by atoms with Gasteiger partial charge in [-0.25, -0.2) is 4.79 Å². The molecular formula is C5H7N3O2. The number of allylic oxidation sites excluding steroid dienone is 1. The highest BCUT2D eigenvalue weighted by Crippen LogP contribution is 2.03. The molecule has 5 nitrogen and oxygen atoms in total. The lowest BCUT2D eigenvalue weighted by atomic mass is 10.2. The molecule has 0 aromatic heterocycles. The Morgan fingerprint density at radius 2 is 2.10 bits per heavy atom. The van der Waals surface area contributed by atoms with Gasteiger partial charge in [-0.3, -0.25) is 0 Å². The molecule has 0 aromatic carbocycles. The summed E-state index contributed by atoms with van der Waals surface area (Å²) in [4.78, 5) is 12.6. The molecule has 0 fully saturated rings. The highest BCUT2D eigenvalue weighted by atomic mass is 16.4. The first-order valence-corrected chi connectivity index (χ1v) is 2.55. The first-order chi connectivity index (χ1) is 4.59. The summed E-state index contributed by atoms with van der Waals surface area (Å²) in [6.07, 6.45) is 0. The van der Waals surface area contributed by atoms with Crippen LogP contribution in [0.3, 0.4) is 0 Å². The summed E-state index contributed by atoms with van der Waals surface area (Å²) in [6.45, 7) is 2.83. The Labute approximate surface area is 57.6 Å². The van der Waals surface area contributed by atoms with Gasteiger partial charge < -0.3 is 5.11 Å². The topological polar surface area (TPSA) is 86.1 Å². The molecule has 54 valence electrons. The van der Waals surface area contributed by atoms with E-state index < -0.39 is 5.97 Å². The third-order valence-corrected chi connectivity index (χ3v) is 1.06. The number of hydrogen-bond acceptors (Lipinski definition) is 2. The van der Waals surface area contributed by atoms with E-state index in [1.807, 2.05) is 0 Å². The number of carboxylic acids is 1. The van der Waals surface area contributed by atoms with E-state index in [0.29, 0.717) is 0 Å². The van der Waals surface area contributed by atoms with Gasteiger partial charge in [0.25, 0.3) is 0 Å². The molecule has 5 heteroatoms. The van der Waals surface area contributed by atoms with Crippen molar-refractivity contribution in [2.45, 2.75) is 13.8 Å². The van der Waals surface area contributed by atoms with Gasteiger partial charge in [0.1, 0.15) is 0 Å². The third kappa shape index (κ3) is 2.19. The summed E-state index contributed by atoms with van der Waals surface area (Å²) in [5.74, 6) is -1.06. The zero-order chi connectivity index (χ0) is 8.15. The number of aliphatic carboxylic acids is 1. The molecule has 0 unspecified atom stereocenters. The SMILES string of the molecule is C/C(N=[N+]=[N-])=C(\C)C(=O)O. The van der Waals surface area contributed by atoms with E-state index in [-0.39, 0.29) is 11.3 Å². The van der Waals surface area contributed by atoms with E-state index >= 15 is 0 Å². The lowest BCUT2D eigenvalue weighted by Crippen LogP contribution is -1.97.